The number of pyridine rings is 1. The standard InChI is InChI=1S/C22H18F2N4O3S2/c1-13-11-28(21(29)17-10-25-22(32-2)26-20(13)17)16-7-8-19(18(24)9-16)27-33(30,31)12-14-3-5-15(23)6-4-14/h3-11,27H,12H2,1-2H3. The lowest BCUT2D eigenvalue weighted by Gasteiger charge is -2.13. The number of hydrogen-bond acceptors (Lipinski definition) is 6. The molecule has 0 saturated heterocycles. The minimum absolute atomic E-state index is 0.220. The fourth-order valence-corrected chi connectivity index (χ4v) is 4.84. The maximum atomic E-state index is 14.8. The van der Waals surface area contributed by atoms with Gasteiger partial charge in [0.25, 0.3) is 5.56 Å². The summed E-state index contributed by atoms with van der Waals surface area (Å²) in [7, 11) is -3.95. The second kappa shape index (κ2) is 8.91. The van der Waals surface area contributed by atoms with E-state index in [2.05, 4.69) is 14.7 Å². The maximum Gasteiger partial charge on any atom is 0.266 e. The predicted molar refractivity (Wildman–Crippen MR) is 124 cm³/mol. The fourth-order valence-electron chi connectivity index (χ4n) is 3.30. The molecule has 2 heterocycles. The molecule has 33 heavy (non-hydrogen) atoms. The van der Waals surface area contributed by atoms with E-state index in [1.54, 1.807) is 13.1 Å². The van der Waals surface area contributed by atoms with Crippen molar-refractivity contribution in [2.45, 2.75) is 17.8 Å². The van der Waals surface area contributed by atoms with Crippen molar-refractivity contribution in [2.75, 3.05) is 11.0 Å². The molecule has 0 radical (unpaired) electrons. The van der Waals surface area contributed by atoms with Crippen LogP contribution in [0.4, 0.5) is 14.5 Å². The van der Waals surface area contributed by atoms with Gasteiger partial charge in [0, 0.05) is 18.5 Å². The Kier molecular flexibility index (Phi) is 6.17. The van der Waals surface area contributed by atoms with Gasteiger partial charge in [-0.25, -0.2) is 27.2 Å². The van der Waals surface area contributed by atoms with Gasteiger partial charge >= 0.3 is 0 Å². The maximum absolute atomic E-state index is 14.8. The summed E-state index contributed by atoms with van der Waals surface area (Å²) in [5.41, 5.74) is 1.10. The summed E-state index contributed by atoms with van der Waals surface area (Å²) in [5.74, 6) is -1.79. The predicted octanol–water partition coefficient (Wildman–Crippen LogP) is 4.03. The van der Waals surface area contributed by atoms with Crippen molar-refractivity contribution < 1.29 is 17.2 Å². The zero-order valence-corrected chi connectivity index (χ0v) is 19.2. The lowest BCUT2D eigenvalue weighted by atomic mass is 10.2. The number of aryl methyl sites for hydroxylation is 1. The first-order valence-corrected chi connectivity index (χ1v) is 12.5. The van der Waals surface area contributed by atoms with Crippen LogP contribution in [-0.4, -0.2) is 29.2 Å². The molecule has 1 N–H and O–H groups in total. The van der Waals surface area contributed by atoms with Crippen LogP contribution in [0.2, 0.25) is 0 Å². The van der Waals surface area contributed by atoms with Crippen LogP contribution in [0, 0.1) is 18.6 Å². The third-order valence-electron chi connectivity index (χ3n) is 4.86. The van der Waals surface area contributed by atoms with E-state index < -0.39 is 33.0 Å². The summed E-state index contributed by atoms with van der Waals surface area (Å²) in [6.45, 7) is 1.78. The Balaban J connectivity index is 1.65. The topological polar surface area (TPSA) is 94.0 Å². The molecule has 11 heteroatoms. The molecule has 2 aromatic carbocycles. The molecule has 0 saturated carbocycles. The average molecular weight is 489 g/mol. The monoisotopic (exact) mass is 488 g/mol. The van der Waals surface area contributed by atoms with Crippen LogP contribution in [0.25, 0.3) is 16.6 Å². The van der Waals surface area contributed by atoms with Crippen LogP contribution in [0.5, 0.6) is 0 Å². The first-order valence-electron chi connectivity index (χ1n) is 9.65. The Morgan fingerprint density at radius 1 is 1.12 bits per heavy atom. The Hall–Kier alpha value is -3.31. The van der Waals surface area contributed by atoms with Crippen molar-refractivity contribution in [1.82, 2.24) is 14.5 Å². The summed E-state index contributed by atoms with van der Waals surface area (Å²) in [6.07, 6.45) is 4.82. The molecule has 0 bridgehead atoms. The Morgan fingerprint density at radius 3 is 2.52 bits per heavy atom. The quantitative estimate of drug-likeness (QED) is 0.325. The van der Waals surface area contributed by atoms with Crippen molar-refractivity contribution in [3.05, 3.63) is 88.0 Å². The van der Waals surface area contributed by atoms with Gasteiger partial charge in [0.1, 0.15) is 11.6 Å². The van der Waals surface area contributed by atoms with Crippen LogP contribution in [0.3, 0.4) is 0 Å². The molecule has 0 fully saturated rings. The van der Waals surface area contributed by atoms with Crippen molar-refractivity contribution >= 4 is 38.4 Å². The number of halogens is 2. The molecule has 0 aliphatic rings. The number of fused-ring (bicyclic) bond motifs is 1. The number of thioether (sulfide) groups is 1. The van der Waals surface area contributed by atoms with Crippen LogP contribution in [-0.2, 0) is 15.8 Å². The van der Waals surface area contributed by atoms with Gasteiger partial charge in [0.2, 0.25) is 10.0 Å². The highest BCUT2D eigenvalue weighted by atomic mass is 32.2. The van der Waals surface area contributed by atoms with Crippen LogP contribution >= 0.6 is 11.8 Å². The summed E-state index contributed by atoms with van der Waals surface area (Å²) >= 11 is 1.35. The third kappa shape index (κ3) is 4.88. The van der Waals surface area contributed by atoms with E-state index in [1.807, 2.05) is 6.26 Å². The number of benzene rings is 2. The number of aromatic nitrogens is 3. The molecule has 7 nitrogen and oxygen atoms in total. The summed E-state index contributed by atoms with van der Waals surface area (Å²) in [6, 6.07) is 8.73. The van der Waals surface area contributed by atoms with Gasteiger partial charge in [-0.2, -0.15) is 0 Å². The summed E-state index contributed by atoms with van der Waals surface area (Å²) in [4.78, 5) is 21.5. The molecule has 0 amide bonds. The average Bonchev–Trinajstić information content (AvgIpc) is 2.78. The van der Waals surface area contributed by atoms with Crippen molar-refractivity contribution in [3.63, 3.8) is 0 Å². The van der Waals surface area contributed by atoms with Crippen molar-refractivity contribution in [3.8, 4) is 5.69 Å². The van der Waals surface area contributed by atoms with E-state index in [4.69, 9.17) is 0 Å². The van der Waals surface area contributed by atoms with Gasteiger partial charge in [0.15, 0.2) is 5.16 Å². The van der Waals surface area contributed by atoms with E-state index >= 15 is 0 Å². The number of hydrogen-bond donors (Lipinski definition) is 1. The molecule has 0 atom stereocenters. The number of nitrogens with zero attached hydrogens (tertiary/aromatic N) is 3. The molecule has 0 unspecified atom stereocenters. The molecular weight excluding hydrogens is 470 g/mol. The SMILES string of the molecule is CSc1ncc2c(=O)n(-c3ccc(NS(=O)(=O)Cc4ccc(F)cc4)c(F)c3)cc(C)c2n1. The van der Waals surface area contributed by atoms with Crippen LogP contribution in [0.1, 0.15) is 11.1 Å². The molecule has 0 aliphatic heterocycles. The van der Waals surface area contributed by atoms with E-state index in [0.717, 1.165) is 18.2 Å². The van der Waals surface area contributed by atoms with Crippen molar-refractivity contribution in [2.24, 2.45) is 0 Å². The summed E-state index contributed by atoms with van der Waals surface area (Å²) < 4.78 is 56.1. The second-order valence-electron chi connectivity index (χ2n) is 7.26. The van der Waals surface area contributed by atoms with E-state index in [0.29, 0.717) is 21.8 Å². The number of nitrogens with one attached hydrogen (secondary N) is 1. The molecular formula is C22H18F2N4O3S2. The molecule has 0 aliphatic carbocycles. The molecule has 170 valence electrons. The first-order chi connectivity index (χ1) is 15.7. The first kappa shape index (κ1) is 22.9. The minimum Gasteiger partial charge on any atom is -0.283 e. The Morgan fingerprint density at radius 2 is 1.85 bits per heavy atom. The Labute approximate surface area is 192 Å². The van der Waals surface area contributed by atoms with Gasteiger partial charge in [-0.05, 0) is 48.6 Å². The van der Waals surface area contributed by atoms with Gasteiger partial charge < -0.3 is 0 Å². The highest BCUT2D eigenvalue weighted by molar-refractivity contribution is 7.98. The Bertz CT molecular complexity index is 1520. The third-order valence-corrected chi connectivity index (χ3v) is 6.67. The minimum atomic E-state index is -3.95. The number of rotatable bonds is 6. The largest absolute Gasteiger partial charge is 0.283 e. The molecule has 4 rings (SSSR count). The molecule has 4 aromatic rings. The number of anilines is 1. The second-order valence-corrected chi connectivity index (χ2v) is 9.75. The smallest absolute Gasteiger partial charge is 0.266 e. The normalized spacial score (nSPS) is 11.6. The lowest BCUT2D eigenvalue weighted by molar-refractivity contribution is 0.597. The van der Waals surface area contributed by atoms with Gasteiger partial charge in [-0.15, -0.1) is 0 Å². The number of sulfonamides is 1. The fraction of sp³-hybridized carbons (Fsp3) is 0.136. The van der Waals surface area contributed by atoms with Crippen LogP contribution < -0.4 is 10.3 Å². The lowest BCUT2D eigenvalue weighted by Crippen LogP contribution is -2.20. The summed E-state index contributed by atoms with van der Waals surface area (Å²) in [5, 5.41) is 0.823. The molecule has 0 spiro atoms. The van der Waals surface area contributed by atoms with E-state index in [-0.39, 0.29) is 16.8 Å². The van der Waals surface area contributed by atoms with E-state index in [1.165, 1.54) is 46.8 Å². The zero-order valence-electron chi connectivity index (χ0n) is 17.5. The van der Waals surface area contributed by atoms with Crippen molar-refractivity contribution in [1.29, 1.82) is 0 Å². The van der Waals surface area contributed by atoms with Gasteiger partial charge in [-0.3, -0.25) is 14.1 Å². The van der Waals surface area contributed by atoms with E-state index in [9.17, 15) is 22.0 Å². The molecule has 2 aromatic heterocycles. The van der Waals surface area contributed by atoms with Gasteiger partial charge in [-0.1, -0.05) is 23.9 Å². The highest BCUT2D eigenvalue weighted by Crippen LogP contribution is 2.22. The highest BCUT2D eigenvalue weighted by Gasteiger charge is 2.16. The zero-order chi connectivity index (χ0) is 23.8. The van der Waals surface area contributed by atoms with Gasteiger partial charge in [0.05, 0.1) is 28.0 Å². The van der Waals surface area contributed by atoms with Crippen LogP contribution in [0.15, 0.2) is 64.8 Å².